The molecule has 3 heteroatoms. The Kier molecular flexibility index (Phi) is 2.67. The molecular weight excluding hydrogens is 236 g/mol. The average molecular weight is 250 g/mol. The highest BCUT2D eigenvalue weighted by atomic mass is 16.1. The van der Waals surface area contributed by atoms with E-state index in [1.807, 2.05) is 56.3 Å². The Bertz CT molecular complexity index is 798. The summed E-state index contributed by atoms with van der Waals surface area (Å²) in [6.07, 6.45) is 1.74. The molecule has 0 aliphatic heterocycles. The number of nitrogens with zero attached hydrogens (tertiary/aromatic N) is 2. The van der Waals surface area contributed by atoms with Crippen molar-refractivity contribution in [2.75, 3.05) is 0 Å². The Morgan fingerprint density at radius 2 is 1.74 bits per heavy atom. The fourth-order valence-electron chi connectivity index (χ4n) is 2.42. The molecule has 0 aliphatic carbocycles. The molecule has 0 bridgehead atoms. The van der Waals surface area contributed by atoms with Crippen LogP contribution in [0.5, 0.6) is 0 Å². The predicted molar refractivity (Wildman–Crippen MR) is 76.4 cm³/mol. The van der Waals surface area contributed by atoms with Gasteiger partial charge in [-0.2, -0.15) is 4.98 Å². The van der Waals surface area contributed by atoms with Gasteiger partial charge < -0.3 is 0 Å². The van der Waals surface area contributed by atoms with E-state index in [-0.39, 0.29) is 5.69 Å². The van der Waals surface area contributed by atoms with Crippen LogP contribution in [0.3, 0.4) is 0 Å². The van der Waals surface area contributed by atoms with Gasteiger partial charge in [0.25, 0.3) is 0 Å². The van der Waals surface area contributed by atoms with Crippen LogP contribution in [0, 0.1) is 13.8 Å². The third kappa shape index (κ3) is 1.93. The van der Waals surface area contributed by atoms with Gasteiger partial charge in [0.15, 0.2) is 0 Å². The highest BCUT2D eigenvalue weighted by molar-refractivity contribution is 5.70. The molecule has 0 fully saturated rings. The third-order valence-electron chi connectivity index (χ3n) is 3.34. The molecule has 0 atom stereocenters. The Labute approximate surface area is 111 Å². The minimum atomic E-state index is -0.240. The fourth-order valence-corrected chi connectivity index (χ4v) is 2.42. The van der Waals surface area contributed by atoms with Gasteiger partial charge in [0.2, 0.25) is 0 Å². The zero-order valence-electron chi connectivity index (χ0n) is 10.9. The molecule has 3 rings (SSSR count). The monoisotopic (exact) mass is 250 g/mol. The standard InChI is InChI=1S/C16H14N2O/c1-11-6-5-7-12(2)15(11)14-10-13-8-3-4-9-18(13)16(19)17-14/h3-10H,1-2H3. The smallest absolute Gasteiger partial charge is 0.268 e. The van der Waals surface area contributed by atoms with Crippen LogP contribution >= 0.6 is 0 Å². The molecule has 0 unspecified atom stereocenters. The van der Waals surface area contributed by atoms with Gasteiger partial charge in [-0.05, 0) is 43.2 Å². The van der Waals surface area contributed by atoms with E-state index in [0.717, 1.165) is 27.9 Å². The summed E-state index contributed by atoms with van der Waals surface area (Å²) in [5.74, 6) is 0. The minimum Gasteiger partial charge on any atom is -0.268 e. The Morgan fingerprint density at radius 1 is 1.00 bits per heavy atom. The highest BCUT2D eigenvalue weighted by Gasteiger charge is 2.09. The van der Waals surface area contributed by atoms with Crippen molar-refractivity contribution in [2.45, 2.75) is 13.8 Å². The van der Waals surface area contributed by atoms with Crippen molar-refractivity contribution in [3.8, 4) is 11.3 Å². The molecule has 3 nitrogen and oxygen atoms in total. The van der Waals surface area contributed by atoms with Crippen molar-refractivity contribution in [1.29, 1.82) is 0 Å². The Balaban J connectivity index is 2.35. The lowest BCUT2D eigenvalue weighted by Crippen LogP contribution is -2.17. The van der Waals surface area contributed by atoms with Crippen molar-refractivity contribution in [2.24, 2.45) is 0 Å². The first-order chi connectivity index (χ1) is 9.16. The number of rotatable bonds is 1. The van der Waals surface area contributed by atoms with Crippen molar-refractivity contribution < 1.29 is 0 Å². The molecule has 19 heavy (non-hydrogen) atoms. The molecule has 1 aromatic carbocycles. The van der Waals surface area contributed by atoms with Gasteiger partial charge in [-0.3, -0.25) is 4.40 Å². The molecule has 0 saturated carbocycles. The molecule has 0 radical (unpaired) electrons. The summed E-state index contributed by atoms with van der Waals surface area (Å²) in [7, 11) is 0. The lowest BCUT2D eigenvalue weighted by molar-refractivity contribution is 0.996. The van der Waals surface area contributed by atoms with Crippen molar-refractivity contribution in [1.82, 2.24) is 9.38 Å². The molecule has 3 aromatic rings. The summed E-state index contributed by atoms with van der Waals surface area (Å²) in [5, 5.41) is 0. The van der Waals surface area contributed by atoms with E-state index in [4.69, 9.17) is 0 Å². The summed E-state index contributed by atoms with van der Waals surface area (Å²) in [4.78, 5) is 16.2. The third-order valence-corrected chi connectivity index (χ3v) is 3.34. The second kappa shape index (κ2) is 4.35. The Morgan fingerprint density at radius 3 is 2.47 bits per heavy atom. The van der Waals surface area contributed by atoms with Crippen LogP contribution in [0.25, 0.3) is 16.8 Å². The largest absolute Gasteiger partial charge is 0.352 e. The van der Waals surface area contributed by atoms with Crippen molar-refractivity contribution in [3.05, 3.63) is 70.3 Å². The predicted octanol–water partition coefficient (Wildman–Crippen LogP) is 2.98. The minimum absolute atomic E-state index is 0.240. The zero-order valence-corrected chi connectivity index (χ0v) is 10.9. The van der Waals surface area contributed by atoms with Gasteiger partial charge in [0, 0.05) is 11.8 Å². The first-order valence-electron chi connectivity index (χ1n) is 6.22. The van der Waals surface area contributed by atoms with E-state index in [9.17, 15) is 4.79 Å². The lowest BCUT2D eigenvalue weighted by Gasteiger charge is -2.09. The number of pyridine rings is 1. The maximum absolute atomic E-state index is 12.0. The number of aryl methyl sites for hydroxylation is 2. The van der Waals surface area contributed by atoms with Crippen molar-refractivity contribution in [3.63, 3.8) is 0 Å². The van der Waals surface area contributed by atoms with E-state index >= 15 is 0 Å². The molecule has 2 heterocycles. The highest BCUT2D eigenvalue weighted by Crippen LogP contribution is 2.25. The fraction of sp³-hybridized carbons (Fsp3) is 0.125. The summed E-state index contributed by atoms with van der Waals surface area (Å²) in [6, 6.07) is 13.7. The molecule has 0 amide bonds. The molecule has 0 N–H and O–H groups in total. The summed E-state index contributed by atoms with van der Waals surface area (Å²) in [6.45, 7) is 4.08. The van der Waals surface area contributed by atoms with Crippen LogP contribution in [0.15, 0.2) is 53.5 Å². The molecular formula is C16H14N2O. The van der Waals surface area contributed by atoms with E-state index < -0.39 is 0 Å². The van der Waals surface area contributed by atoms with Gasteiger partial charge in [-0.1, -0.05) is 24.3 Å². The molecule has 94 valence electrons. The van der Waals surface area contributed by atoms with E-state index in [1.165, 1.54) is 0 Å². The van der Waals surface area contributed by atoms with E-state index in [0.29, 0.717) is 0 Å². The van der Waals surface area contributed by atoms with Crippen LogP contribution < -0.4 is 5.69 Å². The van der Waals surface area contributed by atoms with E-state index in [1.54, 1.807) is 10.6 Å². The van der Waals surface area contributed by atoms with Crippen molar-refractivity contribution >= 4 is 5.52 Å². The summed E-state index contributed by atoms with van der Waals surface area (Å²) in [5.41, 5.74) is 4.67. The molecule has 0 spiro atoms. The van der Waals surface area contributed by atoms with Gasteiger partial charge >= 0.3 is 5.69 Å². The summed E-state index contributed by atoms with van der Waals surface area (Å²) >= 11 is 0. The van der Waals surface area contributed by atoms with Crippen LogP contribution in [0.1, 0.15) is 11.1 Å². The SMILES string of the molecule is Cc1cccc(C)c1-c1cc2ccccn2c(=O)n1. The van der Waals surface area contributed by atoms with Gasteiger partial charge in [0.1, 0.15) is 0 Å². The number of hydrogen-bond acceptors (Lipinski definition) is 2. The zero-order chi connectivity index (χ0) is 13.4. The maximum Gasteiger partial charge on any atom is 0.352 e. The first kappa shape index (κ1) is 11.7. The normalized spacial score (nSPS) is 10.8. The second-order valence-corrected chi connectivity index (χ2v) is 4.69. The summed E-state index contributed by atoms with van der Waals surface area (Å²) < 4.78 is 1.55. The second-order valence-electron chi connectivity index (χ2n) is 4.69. The number of benzene rings is 1. The molecule has 2 aromatic heterocycles. The topological polar surface area (TPSA) is 34.4 Å². The molecule has 0 saturated heterocycles. The quantitative estimate of drug-likeness (QED) is 0.665. The van der Waals surface area contributed by atoms with Crippen LogP contribution in [0.4, 0.5) is 0 Å². The number of aromatic nitrogens is 2. The van der Waals surface area contributed by atoms with E-state index in [2.05, 4.69) is 4.98 Å². The van der Waals surface area contributed by atoms with Crippen LogP contribution in [-0.2, 0) is 0 Å². The number of hydrogen-bond donors (Lipinski definition) is 0. The van der Waals surface area contributed by atoms with Gasteiger partial charge in [0.05, 0.1) is 11.2 Å². The van der Waals surface area contributed by atoms with Crippen LogP contribution in [0.2, 0.25) is 0 Å². The Hall–Kier alpha value is -2.42. The first-order valence-corrected chi connectivity index (χ1v) is 6.22. The van der Waals surface area contributed by atoms with Gasteiger partial charge in [-0.15, -0.1) is 0 Å². The molecule has 0 aliphatic rings. The number of fused-ring (bicyclic) bond motifs is 1. The van der Waals surface area contributed by atoms with Crippen LogP contribution in [-0.4, -0.2) is 9.38 Å². The average Bonchev–Trinajstić information content (AvgIpc) is 2.38. The lowest BCUT2D eigenvalue weighted by atomic mass is 10.00. The maximum atomic E-state index is 12.0. The van der Waals surface area contributed by atoms with Gasteiger partial charge in [-0.25, -0.2) is 4.79 Å².